The number of benzene rings is 2. The van der Waals surface area contributed by atoms with Gasteiger partial charge in [-0.15, -0.1) is 0 Å². The van der Waals surface area contributed by atoms with E-state index >= 15 is 0 Å². The van der Waals surface area contributed by atoms with E-state index in [1.807, 2.05) is 12.1 Å². The number of halogens is 1. The number of aromatic nitrogens is 2. The van der Waals surface area contributed by atoms with E-state index in [-0.39, 0.29) is 5.75 Å². The van der Waals surface area contributed by atoms with Gasteiger partial charge in [-0.1, -0.05) is 18.2 Å². The number of phenols is 1. The maximum Gasteiger partial charge on any atom is 0.165 e. The van der Waals surface area contributed by atoms with E-state index in [2.05, 4.69) is 34.9 Å². The molecule has 2 heterocycles. The maximum atomic E-state index is 13.8. The number of anilines is 1. The van der Waals surface area contributed by atoms with Crippen molar-refractivity contribution in [3.8, 4) is 17.1 Å². The molecular formula is C25H31FN4O. The number of phenolic OH excluding ortho intramolecular Hbond substituents is 1. The molecule has 0 radical (unpaired) electrons. The Morgan fingerprint density at radius 1 is 1.03 bits per heavy atom. The molecule has 1 N–H and O–H groups in total. The number of rotatable bonds is 6. The Hall–Kier alpha value is -2.73. The zero-order valence-electron chi connectivity index (χ0n) is 18.6. The number of piperazine rings is 1. The van der Waals surface area contributed by atoms with Gasteiger partial charge >= 0.3 is 0 Å². The summed E-state index contributed by atoms with van der Waals surface area (Å²) in [5, 5.41) is 11.4. The Labute approximate surface area is 183 Å². The van der Waals surface area contributed by atoms with Crippen molar-refractivity contribution < 1.29 is 9.50 Å². The average Bonchev–Trinajstić information content (AvgIpc) is 2.73. The van der Waals surface area contributed by atoms with Gasteiger partial charge in [-0.25, -0.2) is 14.4 Å². The first-order valence-electron chi connectivity index (χ1n) is 11.0. The monoisotopic (exact) mass is 422 g/mol. The van der Waals surface area contributed by atoms with Crippen LogP contribution in [0.2, 0.25) is 0 Å². The highest BCUT2D eigenvalue weighted by Gasteiger charge is 2.22. The molecule has 5 nitrogen and oxygen atoms in total. The van der Waals surface area contributed by atoms with Crippen molar-refractivity contribution >= 4 is 16.7 Å². The highest BCUT2D eigenvalue weighted by Crippen LogP contribution is 2.32. The quantitative estimate of drug-likeness (QED) is 0.608. The molecule has 1 aromatic heterocycles. The maximum absolute atomic E-state index is 13.8. The van der Waals surface area contributed by atoms with Crippen LogP contribution >= 0.6 is 0 Å². The minimum absolute atomic E-state index is 0.182. The van der Waals surface area contributed by atoms with E-state index in [0.29, 0.717) is 17.8 Å². The number of fused-ring (bicyclic) bond motifs is 1. The molecule has 0 aliphatic carbocycles. The molecule has 1 aliphatic rings. The van der Waals surface area contributed by atoms with Crippen molar-refractivity contribution in [1.82, 2.24) is 14.9 Å². The zero-order chi connectivity index (χ0) is 22.0. The summed E-state index contributed by atoms with van der Waals surface area (Å²) in [5.41, 5.74) is 1.57. The molecule has 3 aromatic rings. The Kier molecular flexibility index (Phi) is 6.10. The smallest absolute Gasteiger partial charge is 0.165 e. The first-order valence-corrected chi connectivity index (χ1v) is 11.0. The van der Waals surface area contributed by atoms with E-state index in [1.54, 1.807) is 26.0 Å². The fourth-order valence-corrected chi connectivity index (χ4v) is 4.15. The van der Waals surface area contributed by atoms with Crippen LogP contribution in [0.5, 0.6) is 5.75 Å². The molecule has 1 saturated heterocycles. The molecule has 31 heavy (non-hydrogen) atoms. The third-order valence-electron chi connectivity index (χ3n) is 5.89. The van der Waals surface area contributed by atoms with Crippen molar-refractivity contribution in [3.05, 3.63) is 48.0 Å². The van der Waals surface area contributed by atoms with E-state index in [4.69, 9.17) is 9.97 Å². The molecule has 1 fully saturated rings. The molecule has 0 amide bonds. The Morgan fingerprint density at radius 2 is 1.77 bits per heavy atom. The van der Waals surface area contributed by atoms with Crippen LogP contribution in [0.1, 0.15) is 32.3 Å². The van der Waals surface area contributed by atoms with Crippen LogP contribution < -0.4 is 4.90 Å². The fraction of sp³-hybridized carbons (Fsp3) is 0.440. The lowest BCUT2D eigenvalue weighted by Gasteiger charge is -2.36. The summed E-state index contributed by atoms with van der Waals surface area (Å²) in [6.45, 7) is 9.85. The van der Waals surface area contributed by atoms with Gasteiger partial charge in [-0.3, -0.25) is 4.90 Å². The minimum atomic E-state index is -1.10. The van der Waals surface area contributed by atoms with Gasteiger partial charge in [0.15, 0.2) is 5.82 Å². The summed E-state index contributed by atoms with van der Waals surface area (Å²) in [4.78, 5) is 14.4. The topological polar surface area (TPSA) is 52.5 Å². The van der Waals surface area contributed by atoms with E-state index < -0.39 is 5.67 Å². The number of alkyl halides is 1. The molecule has 0 saturated carbocycles. The van der Waals surface area contributed by atoms with Crippen molar-refractivity contribution in [2.75, 3.05) is 37.6 Å². The molecule has 4 rings (SSSR count). The summed E-state index contributed by atoms with van der Waals surface area (Å²) >= 11 is 0. The summed E-state index contributed by atoms with van der Waals surface area (Å²) < 4.78 is 13.8. The van der Waals surface area contributed by atoms with Gasteiger partial charge in [-0.05, 0) is 70.0 Å². The fourth-order valence-electron chi connectivity index (χ4n) is 4.15. The molecule has 0 spiro atoms. The second-order valence-corrected chi connectivity index (χ2v) is 9.06. The molecule has 6 heteroatoms. The molecule has 0 unspecified atom stereocenters. The average molecular weight is 423 g/mol. The van der Waals surface area contributed by atoms with Crippen LogP contribution in [0.25, 0.3) is 22.3 Å². The van der Waals surface area contributed by atoms with Gasteiger partial charge in [0.25, 0.3) is 0 Å². The van der Waals surface area contributed by atoms with E-state index in [0.717, 1.165) is 61.4 Å². The summed E-state index contributed by atoms with van der Waals surface area (Å²) in [5.74, 6) is 1.63. The number of hydrogen-bond donors (Lipinski definition) is 1. The standard InChI is InChI=1S/C25H31FN4O/c1-18-9-10-19-21(17-18)27-23(20-7-4-5-8-22(20)31)28-24(19)30-15-13-29(14-16-30)12-6-11-25(2,3)26/h4-5,7-10,17,31H,6,11-16H2,1-3H3. The lowest BCUT2D eigenvalue weighted by Crippen LogP contribution is -2.47. The van der Waals surface area contributed by atoms with Gasteiger partial charge in [0.2, 0.25) is 0 Å². The van der Waals surface area contributed by atoms with Crippen LogP contribution in [0.15, 0.2) is 42.5 Å². The van der Waals surface area contributed by atoms with Crippen LogP contribution in [0.4, 0.5) is 10.2 Å². The second kappa shape index (κ2) is 8.79. The lowest BCUT2D eigenvalue weighted by atomic mass is 10.0. The number of nitrogens with zero attached hydrogens (tertiary/aromatic N) is 4. The van der Waals surface area contributed by atoms with Crippen molar-refractivity contribution in [2.45, 2.75) is 39.3 Å². The molecule has 1 aliphatic heterocycles. The lowest BCUT2D eigenvalue weighted by molar-refractivity contribution is 0.177. The van der Waals surface area contributed by atoms with Crippen molar-refractivity contribution in [1.29, 1.82) is 0 Å². The SMILES string of the molecule is Cc1ccc2c(N3CCN(CCCC(C)(C)F)CC3)nc(-c3ccccc3O)nc2c1. The van der Waals surface area contributed by atoms with Gasteiger partial charge in [0.05, 0.1) is 11.1 Å². The van der Waals surface area contributed by atoms with Gasteiger partial charge in [0.1, 0.15) is 17.2 Å². The molecular weight excluding hydrogens is 391 g/mol. The van der Waals surface area contributed by atoms with Crippen LogP contribution in [0, 0.1) is 6.92 Å². The Bertz CT molecular complexity index is 1060. The van der Waals surface area contributed by atoms with Gasteiger partial charge < -0.3 is 10.0 Å². The summed E-state index contributed by atoms with van der Waals surface area (Å²) in [6, 6.07) is 13.4. The van der Waals surface area contributed by atoms with E-state index in [1.165, 1.54) is 0 Å². The number of aromatic hydroxyl groups is 1. The van der Waals surface area contributed by atoms with Gasteiger partial charge in [-0.2, -0.15) is 0 Å². The predicted molar refractivity (Wildman–Crippen MR) is 124 cm³/mol. The molecule has 2 aromatic carbocycles. The number of hydrogen-bond acceptors (Lipinski definition) is 5. The first-order chi connectivity index (χ1) is 14.8. The predicted octanol–water partition coefficient (Wildman–Crippen LogP) is 4.96. The van der Waals surface area contributed by atoms with E-state index in [9.17, 15) is 9.50 Å². The van der Waals surface area contributed by atoms with Crippen molar-refractivity contribution in [3.63, 3.8) is 0 Å². The molecule has 0 atom stereocenters. The Morgan fingerprint density at radius 3 is 2.48 bits per heavy atom. The Balaban J connectivity index is 1.58. The highest BCUT2D eigenvalue weighted by atomic mass is 19.1. The van der Waals surface area contributed by atoms with Gasteiger partial charge in [0, 0.05) is 31.6 Å². The largest absolute Gasteiger partial charge is 0.507 e. The molecule has 0 bridgehead atoms. The van der Waals surface area contributed by atoms with Crippen LogP contribution in [-0.4, -0.2) is 58.4 Å². The summed E-state index contributed by atoms with van der Waals surface area (Å²) in [6.07, 6.45) is 1.46. The minimum Gasteiger partial charge on any atom is -0.507 e. The second-order valence-electron chi connectivity index (χ2n) is 9.06. The first kappa shape index (κ1) is 21.5. The van der Waals surface area contributed by atoms with Crippen LogP contribution in [0.3, 0.4) is 0 Å². The number of para-hydroxylation sites is 1. The van der Waals surface area contributed by atoms with Crippen molar-refractivity contribution in [2.24, 2.45) is 0 Å². The summed E-state index contributed by atoms with van der Waals surface area (Å²) in [7, 11) is 0. The molecule has 164 valence electrons. The zero-order valence-corrected chi connectivity index (χ0v) is 18.6. The third-order valence-corrected chi connectivity index (χ3v) is 5.89. The number of aryl methyl sites for hydroxylation is 1. The highest BCUT2D eigenvalue weighted by molar-refractivity contribution is 5.92. The third kappa shape index (κ3) is 5.13. The normalized spacial score (nSPS) is 15.5. The van der Waals surface area contributed by atoms with Crippen LogP contribution in [-0.2, 0) is 0 Å².